The number of amides is 1. The van der Waals surface area contributed by atoms with E-state index in [9.17, 15) is 4.79 Å². The number of likely N-dealkylation sites (tertiary alicyclic amines) is 1. The van der Waals surface area contributed by atoms with Crippen LogP contribution < -0.4 is 9.47 Å². The van der Waals surface area contributed by atoms with E-state index >= 15 is 0 Å². The molecule has 1 aromatic carbocycles. The molecule has 1 aliphatic rings. The monoisotopic (exact) mass is 357 g/mol. The summed E-state index contributed by atoms with van der Waals surface area (Å²) in [6.07, 6.45) is 5.81. The lowest BCUT2D eigenvalue weighted by Gasteiger charge is -2.32. The molecule has 0 saturated carbocycles. The Bertz CT molecular complexity index is 757. The molecule has 26 heavy (non-hydrogen) atoms. The van der Waals surface area contributed by atoms with E-state index in [1.165, 1.54) is 0 Å². The molecule has 140 valence electrons. The molecule has 1 aromatic heterocycles. The molecular weight excluding hydrogens is 330 g/mol. The maximum absolute atomic E-state index is 13.0. The molecule has 2 aromatic rings. The van der Waals surface area contributed by atoms with Gasteiger partial charge in [0.1, 0.15) is 5.82 Å². The van der Waals surface area contributed by atoms with Crippen molar-refractivity contribution in [2.45, 2.75) is 32.6 Å². The SMILES string of the molecule is CCOc1ccc(C(=O)N2CCC[C@H](c3nccn3C)C2)cc1OCC. The van der Waals surface area contributed by atoms with Crippen molar-refractivity contribution in [1.82, 2.24) is 14.5 Å². The average Bonchev–Trinajstić information content (AvgIpc) is 3.09. The second kappa shape index (κ2) is 8.25. The standard InChI is InChI=1S/C20H27N3O3/c1-4-25-17-9-8-15(13-18(17)26-5-2)20(24)23-11-6-7-16(14-23)19-21-10-12-22(19)3/h8-10,12-13,16H,4-7,11,14H2,1-3H3/t16-/m0/s1. The van der Waals surface area contributed by atoms with Crippen molar-refractivity contribution < 1.29 is 14.3 Å². The van der Waals surface area contributed by atoms with Crippen molar-refractivity contribution in [2.75, 3.05) is 26.3 Å². The van der Waals surface area contributed by atoms with Crippen LogP contribution in [-0.2, 0) is 7.05 Å². The first-order chi connectivity index (χ1) is 12.6. The highest BCUT2D eigenvalue weighted by molar-refractivity contribution is 5.95. The molecule has 0 bridgehead atoms. The quantitative estimate of drug-likeness (QED) is 0.796. The minimum Gasteiger partial charge on any atom is -0.490 e. The Hall–Kier alpha value is -2.50. The van der Waals surface area contributed by atoms with E-state index in [1.807, 2.05) is 54.9 Å². The molecule has 0 radical (unpaired) electrons. The topological polar surface area (TPSA) is 56.6 Å². The molecule has 6 heteroatoms. The van der Waals surface area contributed by atoms with Gasteiger partial charge in [0.05, 0.1) is 13.2 Å². The summed E-state index contributed by atoms with van der Waals surface area (Å²) in [5.74, 6) is 2.66. The zero-order valence-electron chi connectivity index (χ0n) is 15.8. The summed E-state index contributed by atoms with van der Waals surface area (Å²) in [5.41, 5.74) is 0.636. The van der Waals surface area contributed by atoms with E-state index in [0.717, 1.165) is 25.2 Å². The molecule has 1 aliphatic heterocycles. The lowest BCUT2D eigenvalue weighted by atomic mass is 9.96. The van der Waals surface area contributed by atoms with Crippen molar-refractivity contribution in [1.29, 1.82) is 0 Å². The average molecular weight is 357 g/mol. The fourth-order valence-corrected chi connectivity index (χ4v) is 3.51. The predicted octanol–water partition coefficient (Wildman–Crippen LogP) is 3.24. The summed E-state index contributed by atoms with van der Waals surface area (Å²) in [7, 11) is 2.00. The summed E-state index contributed by atoms with van der Waals surface area (Å²) < 4.78 is 13.3. The van der Waals surface area contributed by atoms with Gasteiger partial charge in [-0.05, 0) is 44.9 Å². The van der Waals surface area contributed by atoms with E-state index in [2.05, 4.69) is 4.98 Å². The zero-order valence-corrected chi connectivity index (χ0v) is 15.8. The van der Waals surface area contributed by atoms with Crippen LogP contribution in [0.3, 0.4) is 0 Å². The molecule has 2 heterocycles. The van der Waals surface area contributed by atoms with Gasteiger partial charge in [-0.25, -0.2) is 4.98 Å². The van der Waals surface area contributed by atoms with Crippen molar-refractivity contribution in [3.05, 3.63) is 42.0 Å². The van der Waals surface area contributed by atoms with Crippen LogP contribution in [0.15, 0.2) is 30.6 Å². The van der Waals surface area contributed by atoms with Gasteiger partial charge in [-0.3, -0.25) is 4.79 Å². The number of nitrogens with zero attached hydrogens (tertiary/aromatic N) is 3. The van der Waals surface area contributed by atoms with Crippen molar-refractivity contribution in [2.24, 2.45) is 7.05 Å². The number of benzene rings is 1. The lowest BCUT2D eigenvalue weighted by molar-refractivity contribution is 0.0703. The lowest BCUT2D eigenvalue weighted by Crippen LogP contribution is -2.39. The van der Waals surface area contributed by atoms with E-state index in [1.54, 1.807) is 6.07 Å². The molecule has 6 nitrogen and oxygen atoms in total. The van der Waals surface area contributed by atoms with Gasteiger partial charge in [0.25, 0.3) is 5.91 Å². The number of rotatable bonds is 6. The molecule has 3 rings (SSSR count). The van der Waals surface area contributed by atoms with Crippen LogP contribution in [-0.4, -0.2) is 46.7 Å². The Morgan fingerprint density at radius 3 is 2.69 bits per heavy atom. The molecular formula is C20H27N3O3. The van der Waals surface area contributed by atoms with Crippen LogP contribution in [0, 0.1) is 0 Å². The maximum atomic E-state index is 13.0. The number of piperidine rings is 1. The second-order valence-corrected chi connectivity index (χ2v) is 6.51. The maximum Gasteiger partial charge on any atom is 0.254 e. The zero-order chi connectivity index (χ0) is 18.5. The van der Waals surface area contributed by atoms with Crippen LogP contribution in [0.1, 0.15) is 48.8 Å². The number of carbonyl (C=O) groups excluding carboxylic acids is 1. The van der Waals surface area contributed by atoms with Crippen LogP contribution in [0.4, 0.5) is 0 Å². The van der Waals surface area contributed by atoms with E-state index in [4.69, 9.17) is 9.47 Å². The van der Waals surface area contributed by atoms with Crippen LogP contribution in [0.2, 0.25) is 0 Å². The highest BCUT2D eigenvalue weighted by atomic mass is 16.5. The first-order valence-corrected chi connectivity index (χ1v) is 9.30. The van der Waals surface area contributed by atoms with Crippen LogP contribution >= 0.6 is 0 Å². The molecule has 1 saturated heterocycles. The molecule has 1 amide bonds. The Morgan fingerprint density at radius 2 is 2.00 bits per heavy atom. The fraction of sp³-hybridized carbons (Fsp3) is 0.500. The van der Waals surface area contributed by atoms with E-state index in [0.29, 0.717) is 36.8 Å². The number of imidazole rings is 1. The minimum atomic E-state index is 0.0351. The second-order valence-electron chi connectivity index (χ2n) is 6.51. The van der Waals surface area contributed by atoms with Gasteiger partial charge in [0.2, 0.25) is 0 Å². The number of hydrogen-bond donors (Lipinski definition) is 0. The van der Waals surface area contributed by atoms with Gasteiger partial charge in [0, 0.05) is 44.0 Å². The summed E-state index contributed by atoms with van der Waals surface area (Å²) in [6.45, 7) is 6.41. The highest BCUT2D eigenvalue weighted by Crippen LogP contribution is 2.31. The van der Waals surface area contributed by atoms with E-state index < -0.39 is 0 Å². The number of carbonyl (C=O) groups is 1. The Labute approximate surface area is 154 Å². The third-order valence-corrected chi connectivity index (χ3v) is 4.72. The van der Waals surface area contributed by atoms with E-state index in [-0.39, 0.29) is 11.8 Å². The fourth-order valence-electron chi connectivity index (χ4n) is 3.51. The Balaban J connectivity index is 1.77. The molecule has 0 spiro atoms. The first-order valence-electron chi connectivity index (χ1n) is 9.30. The van der Waals surface area contributed by atoms with Crippen LogP contribution in [0.5, 0.6) is 11.5 Å². The smallest absolute Gasteiger partial charge is 0.254 e. The molecule has 0 unspecified atom stereocenters. The van der Waals surface area contributed by atoms with Gasteiger partial charge in [0.15, 0.2) is 11.5 Å². The Kier molecular flexibility index (Phi) is 5.81. The Morgan fingerprint density at radius 1 is 1.23 bits per heavy atom. The van der Waals surface area contributed by atoms with Gasteiger partial charge >= 0.3 is 0 Å². The predicted molar refractivity (Wildman–Crippen MR) is 99.9 cm³/mol. The van der Waals surface area contributed by atoms with Gasteiger partial charge < -0.3 is 18.9 Å². The number of hydrogen-bond acceptors (Lipinski definition) is 4. The van der Waals surface area contributed by atoms with Gasteiger partial charge in [-0.15, -0.1) is 0 Å². The normalized spacial score (nSPS) is 17.2. The van der Waals surface area contributed by atoms with Crippen molar-refractivity contribution in [3.8, 4) is 11.5 Å². The molecule has 1 atom stereocenters. The molecule has 1 fully saturated rings. The van der Waals surface area contributed by atoms with Crippen LogP contribution in [0.25, 0.3) is 0 Å². The summed E-state index contributed by atoms with van der Waals surface area (Å²) in [5, 5.41) is 0. The largest absolute Gasteiger partial charge is 0.490 e. The number of ether oxygens (including phenoxy) is 2. The van der Waals surface area contributed by atoms with Crippen molar-refractivity contribution in [3.63, 3.8) is 0 Å². The third kappa shape index (κ3) is 3.84. The summed E-state index contributed by atoms with van der Waals surface area (Å²) in [4.78, 5) is 19.4. The summed E-state index contributed by atoms with van der Waals surface area (Å²) in [6, 6.07) is 5.43. The summed E-state index contributed by atoms with van der Waals surface area (Å²) >= 11 is 0. The first kappa shape index (κ1) is 18.3. The van der Waals surface area contributed by atoms with Crippen molar-refractivity contribution >= 4 is 5.91 Å². The van der Waals surface area contributed by atoms with Gasteiger partial charge in [-0.2, -0.15) is 0 Å². The molecule has 0 N–H and O–H groups in total. The van der Waals surface area contributed by atoms with Gasteiger partial charge in [-0.1, -0.05) is 0 Å². The number of aryl methyl sites for hydroxylation is 1. The number of aromatic nitrogens is 2. The minimum absolute atomic E-state index is 0.0351. The molecule has 0 aliphatic carbocycles. The third-order valence-electron chi connectivity index (χ3n) is 4.72. The highest BCUT2D eigenvalue weighted by Gasteiger charge is 2.28.